The molecule has 2 amide bonds. The number of amides is 2. The highest BCUT2D eigenvalue weighted by atomic mass is 32.2. The molecule has 78 valence electrons. The lowest BCUT2D eigenvalue weighted by Crippen LogP contribution is -2.30. The monoisotopic (exact) mass is 221 g/mol. The van der Waals surface area contributed by atoms with E-state index in [0.717, 1.165) is 5.56 Å². The van der Waals surface area contributed by atoms with Crippen LogP contribution in [0.15, 0.2) is 24.3 Å². The first-order chi connectivity index (χ1) is 7.18. The lowest BCUT2D eigenvalue weighted by atomic mass is 10.1. The Labute approximate surface area is 92.5 Å². The van der Waals surface area contributed by atoms with E-state index in [4.69, 9.17) is 0 Å². The largest absolute Gasteiger partial charge is 0.288 e. The minimum Gasteiger partial charge on any atom is -0.269 e. The van der Waals surface area contributed by atoms with E-state index in [9.17, 15) is 9.59 Å². The Balaban J connectivity index is 2.20. The van der Waals surface area contributed by atoms with Gasteiger partial charge in [-0.05, 0) is 19.1 Å². The van der Waals surface area contributed by atoms with Gasteiger partial charge in [0.15, 0.2) is 0 Å². The molecule has 1 aromatic rings. The van der Waals surface area contributed by atoms with Crippen LogP contribution in [0.5, 0.6) is 0 Å². The van der Waals surface area contributed by atoms with Gasteiger partial charge in [0.25, 0.3) is 11.1 Å². The summed E-state index contributed by atoms with van der Waals surface area (Å²) >= 11 is 1.20. The summed E-state index contributed by atoms with van der Waals surface area (Å²) in [4.78, 5) is 24.5. The highest BCUT2D eigenvalue weighted by Crippen LogP contribution is 2.19. The van der Waals surface area contributed by atoms with Crippen molar-refractivity contribution >= 4 is 22.9 Å². The van der Waals surface area contributed by atoms with Crippen molar-refractivity contribution in [2.45, 2.75) is 6.92 Å². The maximum atomic E-state index is 11.9. The van der Waals surface area contributed by atoms with Gasteiger partial charge in [-0.25, -0.2) is 0 Å². The van der Waals surface area contributed by atoms with Gasteiger partial charge in [-0.3, -0.25) is 14.5 Å². The Morgan fingerprint density at radius 3 is 2.53 bits per heavy atom. The predicted molar refractivity (Wildman–Crippen MR) is 60.1 cm³/mol. The first-order valence-corrected chi connectivity index (χ1v) is 5.72. The Bertz CT molecular complexity index is 400. The molecule has 0 aliphatic carbocycles. The predicted octanol–water partition coefficient (Wildman–Crippen LogP) is 2.30. The number of benzene rings is 1. The van der Waals surface area contributed by atoms with E-state index in [0.29, 0.717) is 17.9 Å². The summed E-state index contributed by atoms with van der Waals surface area (Å²) in [5, 5.41) is -0.138. The summed E-state index contributed by atoms with van der Waals surface area (Å²) in [7, 11) is 0. The molecule has 1 aliphatic heterocycles. The van der Waals surface area contributed by atoms with Crippen LogP contribution in [0.4, 0.5) is 4.79 Å². The van der Waals surface area contributed by atoms with E-state index in [2.05, 4.69) is 0 Å². The topological polar surface area (TPSA) is 37.4 Å². The number of hydrogen-bond acceptors (Lipinski definition) is 3. The Morgan fingerprint density at radius 1 is 1.33 bits per heavy atom. The van der Waals surface area contributed by atoms with Gasteiger partial charge in [0.05, 0.1) is 0 Å². The maximum Gasteiger partial charge on any atom is 0.288 e. The lowest BCUT2D eigenvalue weighted by Gasteiger charge is -2.12. The number of rotatable bonds is 1. The number of carbonyl (C=O) groups excluding carboxylic acids is 2. The number of carbonyl (C=O) groups is 2. The first kappa shape index (κ1) is 10.2. The third kappa shape index (κ3) is 2.04. The van der Waals surface area contributed by atoms with Crippen LogP contribution in [-0.2, 0) is 0 Å². The second kappa shape index (κ2) is 4.06. The van der Waals surface area contributed by atoms with Crippen LogP contribution in [0.2, 0.25) is 0 Å². The van der Waals surface area contributed by atoms with E-state index in [1.165, 1.54) is 16.7 Å². The van der Waals surface area contributed by atoms with E-state index in [-0.39, 0.29) is 11.1 Å². The van der Waals surface area contributed by atoms with E-state index in [1.54, 1.807) is 12.1 Å². The molecule has 15 heavy (non-hydrogen) atoms. The first-order valence-electron chi connectivity index (χ1n) is 4.74. The molecular formula is C11H11NO2S. The molecule has 0 unspecified atom stereocenters. The van der Waals surface area contributed by atoms with Gasteiger partial charge in [-0.1, -0.05) is 29.5 Å². The van der Waals surface area contributed by atoms with Gasteiger partial charge in [0.2, 0.25) is 0 Å². The molecule has 3 nitrogen and oxygen atoms in total. The maximum absolute atomic E-state index is 11.9. The molecule has 0 radical (unpaired) electrons. The number of aryl methyl sites for hydroxylation is 1. The summed E-state index contributed by atoms with van der Waals surface area (Å²) in [5.74, 6) is 0.515. The van der Waals surface area contributed by atoms with Crippen molar-refractivity contribution in [3.8, 4) is 0 Å². The van der Waals surface area contributed by atoms with Crippen molar-refractivity contribution < 1.29 is 9.59 Å². The van der Waals surface area contributed by atoms with Crippen LogP contribution in [0.1, 0.15) is 15.9 Å². The van der Waals surface area contributed by atoms with Gasteiger partial charge >= 0.3 is 0 Å². The zero-order chi connectivity index (χ0) is 10.8. The number of hydrogen-bond donors (Lipinski definition) is 0. The Morgan fingerprint density at radius 2 is 2.00 bits per heavy atom. The van der Waals surface area contributed by atoms with Gasteiger partial charge in [-0.15, -0.1) is 0 Å². The molecular weight excluding hydrogens is 210 g/mol. The fourth-order valence-electron chi connectivity index (χ4n) is 1.43. The standard InChI is InChI=1S/C11H11NO2S/c1-8-2-4-9(5-3-8)10(13)12-6-7-15-11(12)14/h2-5H,6-7H2,1H3. The average molecular weight is 221 g/mol. The summed E-state index contributed by atoms with van der Waals surface area (Å²) < 4.78 is 0. The summed E-state index contributed by atoms with van der Waals surface area (Å²) in [6, 6.07) is 7.27. The zero-order valence-electron chi connectivity index (χ0n) is 8.40. The van der Waals surface area contributed by atoms with Crippen LogP contribution < -0.4 is 0 Å². The molecule has 1 saturated heterocycles. The Hall–Kier alpha value is -1.29. The third-order valence-electron chi connectivity index (χ3n) is 2.30. The van der Waals surface area contributed by atoms with Crippen LogP contribution in [0, 0.1) is 6.92 Å². The molecule has 1 aliphatic rings. The molecule has 2 rings (SSSR count). The van der Waals surface area contributed by atoms with Crippen molar-refractivity contribution in [2.24, 2.45) is 0 Å². The lowest BCUT2D eigenvalue weighted by molar-refractivity contribution is 0.0833. The van der Waals surface area contributed by atoms with E-state index < -0.39 is 0 Å². The van der Waals surface area contributed by atoms with Crippen LogP contribution in [0.3, 0.4) is 0 Å². The zero-order valence-corrected chi connectivity index (χ0v) is 9.21. The highest BCUT2D eigenvalue weighted by Gasteiger charge is 2.27. The van der Waals surface area contributed by atoms with Crippen molar-refractivity contribution in [1.29, 1.82) is 0 Å². The smallest absolute Gasteiger partial charge is 0.269 e. The van der Waals surface area contributed by atoms with E-state index in [1.807, 2.05) is 19.1 Å². The fraction of sp³-hybridized carbons (Fsp3) is 0.273. The molecule has 0 aromatic heterocycles. The molecule has 0 N–H and O–H groups in total. The highest BCUT2D eigenvalue weighted by molar-refractivity contribution is 8.13. The fourth-order valence-corrected chi connectivity index (χ4v) is 2.21. The van der Waals surface area contributed by atoms with Crippen LogP contribution >= 0.6 is 11.8 Å². The number of thioether (sulfide) groups is 1. The second-order valence-electron chi connectivity index (χ2n) is 3.44. The molecule has 0 bridgehead atoms. The van der Waals surface area contributed by atoms with Gasteiger partial charge in [-0.2, -0.15) is 0 Å². The SMILES string of the molecule is Cc1ccc(C(=O)N2CCSC2=O)cc1. The molecule has 4 heteroatoms. The molecule has 0 atom stereocenters. The molecule has 0 spiro atoms. The second-order valence-corrected chi connectivity index (χ2v) is 4.48. The Kier molecular flexibility index (Phi) is 2.77. The molecule has 1 fully saturated rings. The van der Waals surface area contributed by atoms with Crippen molar-refractivity contribution in [2.75, 3.05) is 12.3 Å². The van der Waals surface area contributed by atoms with Crippen LogP contribution in [0.25, 0.3) is 0 Å². The average Bonchev–Trinajstić information content (AvgIpc) is 2.65. The molecule has 0 saturated carbocycles. The quantitative estimate of drug-likeness (QED) is 0.730. The van der Waals surface area contributed by atoms with Crippen molar-refractivity contribution in [1.82, 2.24) is 4.90 Å². The van der Waals surface area contributed by atoms with Crippen molar-refractivity contribution in [3.63, 3.8) is 0 Å². The van der Waals surface area contributed by atoms with E-state index >= 15 is 0 Å². The summed E-state index contributed by atoms with van der Waals surface area (Å²) in [6.07, 6.45) is 0. The molecule has 1 heterocycles. The minimum atomic E-state index is -0.190. The van der Waals surface area contributed by atoms with Gasteiger partial charge in [0.1, 0.15) is 0 Å². The normalized spacial score (nSPS) is 15.8. The minimum absolute atomic E-state index is 0.138. The number of imide groups is 1. The summed E-state index contributed by atoms with van der Waals surface area (Å²) in [5.41, 5.74) is 1.69. The third-order valence-corrected chi connectivity index (χ3v) is 3.16. The van der Waals surface area contributed by atoms with Crippen molar-refractivity contribution in [3.05, 3.63) is 35.4 Å². The van der Waals surface area contributed by atoms with Gasteiger partial charge in [0, 0.05) is 17.9 Å². The number of nitrogens with zero attached hydrogens (tertiary/aromatic N) is 1. The van der Waals surface area contributed by atoms with Crippen LogP contribution in [-0.4, -0.2) is 28.3 Å². The van der Waals surface area contributed by atoms with Gasteiger partial charge < -0.3 is 0 Å². The molecule has 1 aromatic carbocycles. The summed E-state index contributed by atoms with van der Waals surface area (Å²) in [6.45, 7) is 2.49.